The molecule has 0 aliphatic heterocycles. The van der Waals surface area contributed by atoms with Crippen molar-refractivity contribution in [1.29, 1.82) is 5.26 Å². The second-order valence-electron chi connectivity index (χ2n) is 8.95. The summed E-state index contributed by atoms with van der Waals surface area (Å²) in [6.45, 7) is 3.54. The number of nitrogens with zero attached hydrogens (tertiary/aromatic N) is 4. The number of anilines is 3. The number of urea groups is 1. The second kappa shape index (κ2) is 8.56. The molecule has 4 rings (SSSR count). The zero-order chi connectivity index (χ0) is 23.8. The number of carbonyl (C=O) groups is 2. The van der Waals surface area contributed by atoms with Crippen molar-refractivity contribution < 1.29 is 14.7 Å². The molecule has 3 amide bonds. The van der Waals surface area contributed by atoms with Gasteiger partial charge in [0.2, 0.25) is 11.9 Å². The molecule has 0 bridgehead atoms. The molecule has 170 valence electrons. The monoisotopic (exact) mass is 446 g/mol. The van der Waals surface area contributed by atoms with Crippen LogP contribution in [0.25, 0.3) is 11.0 Å². The molecule has 33 heavy (non-hydrogen) atoms. The van der Waals surface area contributed by atoms with Crippen LogP contribution in [-0.4, -0.2) is 39.2 Å². The van der Waals surface area contributed by atoms with E-state index in [1.807, 2.05) is 18.2 Å². The van der Waals surface area contributed by atoms with Crippen LogP contribution in [0.3, 0.4) is 0 Å². The molecule has 0 radical (unpaired) electrons. The maximum absolute atomic E-state index is 12.6. The molecule has 9 heteroatoms. The van der Waals surface area contributed by atoms with E-state index in [0.29, 0.717) is 16.8 Å². The number of imidazole rings is 1. The molecular formula is C24H26N6O3. The normalized spacial score (nSPS) is 13.4. The molecule has 1 aliphatic carbocycles. The van der Waals surface area contributed by atoms with Crippen LogP contribution in [0.15, 0.2) is 42.5 Å². The summed E-state index contributed by atoms with van der Waals surface area (Å²) in [5.74, 6) is 0.441. The molecule has 3 aromatic rings. The second-order valence-corrected chi connectivity index (χ2v) is 8.95. The molecule has 2 aromatic carbocycles. The molecule has 9 nitrogen and oxygen atoms in total. The number of fused-ring (bicyclic) bond motifs is 1. The number of nitrogens with one attached hydrogen (secondary N) is 2. The van der Waals surface area contributed by atoms with Gasteiger partial charge in [-0.1, -0.05) is 6.07 Å². The van der Waals surface area contributed by atoms with Crippen LogP contribution in [0.4, 0.5) is 22.1 Å². The lowest BCUT2D eigenvalue weighted by Crippen LogP contribution is -2.29. The van der Waals surface area contributed by atoms with E-state index < -0.39 is 11.6 Å². The minimum Gasteiger partial charge on any atom is -0.389 e. The SMILES string of the molecule is CN(C(=O)C1CC1)c1ccc2c(c1)nc(NC(=O)Nc1cccc(C#N)c1)n2CC(C)(C)O. The summed E-state index contributed by atoms with van der Waals surface area (Å²) in [4.78, 5) is 31.3. The van der Waals surface area contributed by atoms with Crippen molar-refractivity contribution in [3.05, 3.63) is 48.0 Å². The number of amides is 3. The molecule has 0 saturated heterocycles. The average molecular weight is 447 g/mol. The predicted octanol–water partition coefficient (Wildman–Crippen LogP) is 3.70. The molecule has 3 N–H and O–H groups in total. The lowest BCUT2D eigenvalue weighted by molar-refractivity contribution is -0.119. The third-order valence-electron chi connectivity index (χ3n) is 5.40. The van der Waals surface area contributed by atoms with Gasteiger partial charge in [0.15, 0.2) is 0 Å². The first-order valence-electron chi connectivity index (χ1n) is 10.7. The van der Waals surface area contributed by atoms with Crippen molar-refractivity contribution in [3.63, 3.8) is 0 Å². The highest BCUT2D eigenvalue weighted by atomic mass is 16.3. The predicted molar refractivity (Wildman–Crippen MR) is 126 cm³/mol. The Bertz CT molecular complexity index is 1260. The number of aromatic nitrogens is 2. The lowest BCUT2D eigenvalue weighted by Gasteiger charge is -2.20. The van der Waals surface area contributed by atoms with Crippen molar-refractivity contribution in [2.45, 2.75) is 38.8 Å². The Balaban J connectivity index is 1.63. The Morgan fingerprint density at radius 3 is 2.67 bits per heavy atom. The van der Waals surface area contributed by atoms with Gasteiger partial charge in [0, 0.05) is 24.3 Å². The first-order valence-corrected chi connectivity index (χ1v) is 10.7. The van der Waals surface area contributed by atoms with E-state index in [9.17, 15) is 14.7 Å². The molecule has 1 aliphatic rings. The van der Waals surface area contributed by atoms with Gasteiger partial charge < -0.3 is 19.9 Å². The first-order chi connectivity index (χ1) is 15.6. The van der Waals surface area contributed by atoms with Crippen molar-refractivity contribution in [3.8, 4) is 6.07 Å². The summed E-state index contributed by atoms with van der Waals surface area (Å²) in [7, 11) is 1.75. The van der Waals surface area contributed by atoms with Gasteiger partial charge >= 0.3 is 6.03 Å². The van der Waals surface area contributed by atoms with Crippen molar-refractivity contribution in [1.82, 2.24) is 9.55 Å². The van der Waals surface area contributed by atoms with Crippen LogP contribution in [0.2, 0.25) is 0 Å². The average Bonchev–Trinajstić information content (AvgIpc) is 3.56. The summed E-state index contributed by atoms with van der Waals surface area (Å²) in [6.07, 6.45) is 1.85. The zero-order valence-electron chi connectivity index (χ0n) is 18.8. The summed E-state index contributed by atoms with van der Waals surface area (Å²) >= 11 is 0. The Morgan fingerprint density at radius 2 is 2.00 bits per heavy atom. The summed E-state index contributed by atoms with van der Waals surface area (Å²) in [5.41, 5.74) is 1.87. The fourth-order valence-electron chi connectivity index (χ4n) is 3.63. The highest BCUT2D eigenvalue weighted by molar-refractivity contribution is 6.01. The number of benzene rings is 2. The van der Waals surface area contributed by atoms with Crippen LogP contribution in [-0.2, 0) is 11.3 Å². The third kappa shape index (κ3) is 5.13. The van der Waals surface area contributed by atoms with Crippen LogP contribution in [0, 0.1) is 17.2 Å². The minimum absolute atomic E-state index is 0.0857. The highest BCUT2D eigenvalue weighted by Gasteiger charge is 2.32. The van der Waals surface area contributed by atoms with Gasteiger partial charge in [-0.3, -0.25) is 10.1 Å². The Hall–Kier alpha value is -3.90. The quantitative estimate of drug-likeness (QED) is 0.533. The van der Waals surface area contributed by atoms with Gasteiger partial charge in [0.1, 0.15) is 0 Å². The van der Waals surface area contributed by atoms with Crippen LogP contribution >= 0.6 is 0 Å². The molecular weight excluding hydrogens is 420 g/mol. The van der Waals surface area contributed by atoms with E-state index in [-0.39, 0.29) is 24.3 Å². The number of aliphatic hydroxyl groups is 1. The van der Waals surface area contributed by atoms with E-state index in [1.165, 1.54) is 0 Å². The molecule has 1 aromatic heterocycles. The molecule has 1 saturated carbocycles. The topological polar surface area (TPSA) is 123 Å². The molecule has 0 atom stereocenters. The van der Waals surface area contributed by atoms with Gasteiger partial charge in [0.05, 0.1) is 34.8 Å². The van der Waals surface area contributed by atoms with Gasteiger partial charge in [-0.15, -0.1) is 0 Å². The van der Waals surface area contributed by atoms with Gasteiger partial charge in [-0.05, 0) is 63.1 Å². The van der Waals surface area contributed by atoms with Crippen molar-refractivity contribution in [2.75, 3.05) is 22.6 Å². The maximum Gasteiger partial charge on any atom is 0.326 e. The smallest absolute Gasteiger partial charge is 0.326 e. The highest BCUT2D eigenvalue weighted by Crippen LogP contribution is 2.33. The number of rotatable bonds is 6. The fourth-order valence-corrected chi connectivity index (χ4v) is 3.63. The molecule has 1 fully saturated rings. The third-order valence-corrected chi connectivity index (χ3v) is 5.40. The van der Waals surface area contributed by atoms with Gasteiger partial charge in [-0.2, -0.15) is 5.26 Å². The first kappa shape index (κ1) is 22.3. The Labute approximate surface area is 191 Å². The summed E-state index contributed by atoms with van der Waals surface area (Å²) in [5, 5.41) is 24.9. The Morgan fingerprint density at radius 1 is 1.24 bits per heavy atom. The van der Waals surface area contributed by atoms with E-state index in [1.54, 1.807) is 60.7 Å². The van der Waals surface area contributed by atoms with E-state index >= 15 is 0 Å². The largest absolute Gasteiger partial charge is 0.389 e. The number of nitriles is 1. The molecule has 1 heterocycles. The summed E-state index contributed by atoms with van der Waals surface area (Å²) < 4.78 is 1.73. The van der Waals surface area contributed by atoms with Crippen LogP contribution in [0.1, 0.15) is 32.3 Å². The standard InChI is InChI=1S/C24H26N6O3/c1-24(2,33)14-30-20-10-9-18(29(3)21(31)16-7-8-16)12-19(20)27-22(30)28-23(32)26-17-6-4-5-15(11-17)13-25/h4-6,9-12,16,33H,7-8,14H2,1-3H3,(H2,26,27,28,32). The maximum atomic E-state index is 12.6. The number of hydrogen-bond acceptors (Lipinski definition) is 5. The van der Waals surface area contributed by atoms with Gasteiger partial charge in [0.25, 0.3) is 0 Å². The molecule has 0 spiro atoms. The fraction of sp³-hybridized carbons (Fsp3) is 0.333. The van der Waals surface area contributed by atoms with Crippen LogP contribution < -0.4 is 15.5 Å². The van der Waals surface area contributed by atoms with E-state index in [0.717, 1.165) is 24.0 Å². The summed E-state index contributed by atoms with van der Waals surface area (Å²) in [6, 6.07) is 13.5. The van der Waals surface area contributed by atoms with Crippen molar-refractivity contribution in [2.24, 2.45) is 5.92 Å². The zero-order valence-corrected chi connectivity index (χ0v) is 18.8. The van der Waals surface area contributed by atoms with Crippen LogP contribution in [0.5, 0.6) is 0 Å². The Kier molecular flexibility index (Phi) is 5.78. The molecule has 0 unspecified atom stereocenters. The minimum atomic E-state index is -1.06. The lowest BCUT2D eigenvalue weighted by atomic mass is 10.1. The number of carbonyl (C=O) groups excluding carboxylic acids is 2. The van der Waals surface area contributed by atoms with E-state index in [4.69, 9.17) is 5.26 Å². The van der Waals surface area contributed by atoms with Gasteiger partial charge in [-0.25, -0.2) is 9.78 Å². The number of hydrogen-bond donors (Lipinski definition) is 3. The van der Waals surface area contributed by atoms with Crippen molar-refractivity contribution >= 4 is 40.3 Å². The van der Waals surface area contributed by atoms with E-state index in [2.05, 4.69) is 15.6 Å².